The van der Waals surface area contributed by atoms with E-state index in [4.69, 9.17) is 5.11 Å². The Kier molecular flexibility index (Phi) is 2.50. The van der Waals surface area contributed by atoms with Crippen LogP contribution in [0, 0.1) is 5.92 Å². The lowest BCUT2D eigenvalue weighted by Crippen LogP contribution is -2.22. The second-order valence-corrected chi connectivity index (χ2v) is 2.56. The molecule has 1 unspecified atom stereocenters. The van der Waals surface area contributed by atoms with Gasteiger partial charge in [0.15, 0.2) is 11.6 Å². The van der Waals surface area contributed by atoms with E-state index in [1.54, 1.807) is 0 Å². The molecule has 0 saturated heterocycles. The molecule has 0 aromatic rings. The highest BCUT2D eigenvalue weighted by Gasteiger charge is 2.19. The topological polar surface area (TPSA) is 66.7 Å². The average Bonchev–Trinajstić information content (AvgIpc) is 2.04. The minimum atomic E-state index is -0.576. The normalized spacial score (nSPS) is 22.3. The zero-order chi connectivity index (χ0) is 9.14. The van der Waals surface area contributed by atoms with E-state index in [9.17, 15) is 9.59 Å². The van der Waals surface area contributed by atoms with Gasteiger partial charge in [0, 0.05) is 19.2 Å². The van der Waals surface area contributed by atoms with Crippen molar-refractivity contribution in [3.8, 4) is 0 Å². The van der Waals surface area contributed by atoms with Crippen molar-refractivity contribution in [1.82, 2.24) is 0 Å². The van der Waals surface area contributed by atoms with Crippen LogP contribution >= 0.6 is 0 Å². The molecule has 0 radical (unpaired) electrons. The van der Waals surface area contributed by atoms with Crippen LogP contribution < -0.4 is 0 Å². The van der Waals surface area contributed by atoms with E-state index in [0.29, 0.717) is 0 Å². The number of ketones is 2. The fourth-order valence-electron chi connectivity index (χ4n) is 0.852. The smallest absolute Gasteiger partial charge is 0.178 e. The van der Waals surface area contributed by atoms with Crippen LogP contribution in [-0.4, -0.2) is 29.5 Å². The van der Waals surface area contributed by atoms with Crippen molar-refractivity contribution < 1.29 is 14.7 Å². The van der Waals surface area contributed by atoms with Gasteiger partial charge < -0.3 is 5.11 Å². The number of aliphatic hydroxyl groups excluding tert-OH is 1. The maximum absolute atomic E-state index is 11.1. The van der Waals surface area contributed by atoms with Crippen LogP contribution in [0.2, 0.25) is 0 Å². The SMILES string of the molecule is CC(=O)C1=CC(=O)C(CO)C=N1. The van der Waals surface area contributed by atoms with Gasteiger partial charge >= 0.3 is 0 Å². The molecule has 0 aliphatic carbocycles. The highest BCUT2D eigenvalue weighted by Crippen LogP contribution is 2.09. The van der Waals surface area contributed by atoms with Crippen LogP contribution in [0.5, 0.6) is 0 Å². The highest BCUT2D eigenvalue weighted by atomic mass is 16.3. The molecule has 1 aliphatic heterocycles. The van der Waals surface area contributed by atoms with E-state index in [2.05, 4.69) is 4.99 Å². The summed E-state index contributed by atoms with van der Waals surface area (Å²) >= 11 is 0. The lowest BCUT2D eigenvalue weighted by atomic mass is 10.0. The summed E-state index contributed by atoms with van der Waals surface area (Å²) in [6.45, 7) is 1.08. The maximum atomic E-state index is 11.1. The van der Waals surface area contributed by atoms with Crippen molar-refractivity contribution in [2.45, 2.75) is 6.92 Å². The molecule has 4 nitrogen and oxygen atoms in total. The van der Waals surface area contributed by atoms with Gasteiger partial charge in [-0.2, -0.15) is 0 Å². The molecule has 1 N–H and O–H groups in total. The van der Waals surface area contributed by atoms with Crippen LogP contribution in [-0.2, 0) is 9.59 Å². The van der Waals surface area contributed by atoms with Gasteiger partial charge in [0.2, 0.25) is 0 Å². The summed E-state index contributed by atoms with van der Waals surface area (Å²) in [4.78, 5) is 25.5. The van der Waals surface area contributed by atoms with Crippen LogP contribution in [0.4, 0.5) is 0 Å². The standard InChI is InChI=1S/C8H9NO3/c1-5(11)7-2-8(12)6(4-10)3-9-7/h2-3,6,10H,4H2,1H3. The van der Waals surface area contributed by atoms with Crippen molar-refractivity contribution in [1.29, 1.82) is 0 Å². The van der Waals surface area contributed by atoms with Crippen LogP contribution in [0.3, 0.4) is 0 Å². The molecule has 1 aliphatic rings. The molecule has 0 spiro atoms. The third-order valence-corrected chi connectivity index (χ3v) is 1.60. The Morgan fingerprint density at radius 2 is 2.42 bits per heavy atom. The summed E-state index contributed by atoms with van der Waals surface area (Å²) in [5.41, 5.74) is 0.157. The minimum Gasteiger partial charge on any atom is -0.395 e. The van der Waals surface area contributed by atoms with Crippen molar-refractivity contribution in [3.63, 3.8) is 0 Å². The molecule has 12 heavy (non-hydrogen) atoms. The number of Topliss-reactive ketones (excluding diaryl/α,β-unsaturated/α-hetero) is 1. The molecule has 1 heterocycles. The van der Waals surface area contributed by atoms with Gasteiger partial charge in [0.05, 0.1) is 12.5 Å². The molecule has 1 rings (SSSR count). The highest BCUT2D eigenvalue weighted by molar-refractivity contribution is 6.10. The Labute approximate surface area is 69.6 Å². The second kappa shape index (κ2) is 3.40. The Bertz CT molecular complexity index is 278. The quantitative estimate of drug-likeness (QED) is 0.615. The van der Waals surface area contributed by atoms with Gasteiger partial charge in [0.25, 0.3) is 0 Å². The maximum Gasteiger partial charge on any atom is 0.178 e. The predicted molar refractivity (Wildman–Crippen MR) is 42.8 cm³/mol. The van der Waals surface area contributed by atoms with Gasteiger partial charge in [-0.25, -0.2) is 0 Å². The van der Waals surface area contributed by atoms with Gasteiger partial charge in [-0.1, -0.05) is 0 Å². The summed E-state index contributed by atoms with van der Waals surface area (Å²) < 4.78 is 0. The number of aliphatic hydroxyl groups is 1. The Morgan fingerprint density at radius 3 is 2.83 bits per heavy atom. The van der Waals surface area contributed by atoms with Crippen LogP contribution in [0.1, 0.15) is 6.92 Å². The van der Waals surface area contributed by atoms with Gasteiger partial charge in [-0.15, -0.1) is 0 Å². The molecule has 4 heteroatoms. The molecule has 0 amide bonds. The molecule has 64 valence electrons. The molecule has 1 atom stereocenters. The van der Waals surface area contributed by atoms with E-state index in [-0.39, 0.29) is 23.9 Å². The van der Waals surface area contributed by atoms with Crippen LogP contribution in [0.25, 0.3) is 0 Å². The summed E-state index contributed by atoms with van der Waals surface area (Å²) in [6, 6.07) is 0. The first-order chi connectivity index (χ1) is 5.65. The monoisotopic (exact) mass is 167 g/mol. The summed E-state index contributed by atoms with van der Waals surface area (Å²) in [6.07, 6.45) is 2.47. The number of hydrogen-bond donors (Lipinski definition) is 1. The Hall–Kier alpha value is -1.29. The van der Waals surface area contributed by atoms with E-state index in [0.717, 1.165) is 0 Å². The number of hydrogen-bond acceptors (Lipinski definition) is 4. The van der Waals surface area contributed by atoms with Crippen molar-refractivity contribution >= 4 is 17.8 Å². The van der Waals surface area contributed by atoms with E-state index in [1.807, 2.05) is 0 Å². The molecule has 0 bridgehead atoms. The lowest BCUT2D eigenvalue weighted by Gasteiger charge is -2.09. The van der Waals surface area contributed by atoms with Crippen molar-refractivity contribution in [3.05, 3.63) is 11.8 Å². The van der Waals surface area contributed by atoms with E-state index >= 15 is 0 Å². The average molecular weight is 167 g/mol. The molecule has 0 aromatic carbocycles. The molecular formula is C8H9NO3. The third-order valence-electron chi connectivity index (χ3n) is 1.60. The van der Waals surface area contributed by atoms with Gasteiger partial charge in [-0.3, -0.25) is 14.6 Å². The first kappa shape index (κ1) is 8.80. The number of aliphatic imine (C=N–C) groups is 1. The fraction of sp³-hybridized carbons (Fsp3) is 0.375. The molecule has 0 aromatic heterocycles. The first-order valence-electron chi connectivity index (χ1n) is 3.56. The van der Waals surface area contributed by atoms with Crippen LogP contribution in [0.15, 0.2) is 16.8 Å². The first-order valence-corrected chi connectivity index (χ1v) is 3.56. The van der Waals surface area contributed by atoms with E-state index in [1.165, 1.54) is 19.2 Å². The van der Waals surface area contributed by atoms with Crippen molar-refractivity contribution in [2.24, 2.45) is 10.9 Å². The van der Waals surface area contributed by atoms with E-state index < -0.39 is 5.92 Å². The molecular weight excluding hydrogens is 158 g/mol. The van der Waals surface area contributed by atoms with Crippen molar-refractivity contribution in [2.75, 3.05) is 6.61 Å². The lowest BCUT2D eigenvalue weighted by molar-refractivity contribution is -0.118. The number of carbonyl (C=O) groups excluding carboxylic acids is 2. The number of nitrogens with zero attached hydrogens (tertiary/aromatic N) is 1. The van der Waals surface area contributed by atoms with Gasteiger partial charge in [-0.05, 0) is 0 Å². The summed E-state index contributed by atoms with van der Waals surface area (Å²) in [5, 5.41) is 8.66. The zero-order valence-corrected chi connectivity index (χ0v) is 6.65. The number of carbonyl (C=O) groups is 2. The molecule has 0 fully saturated rings. The Balaban J connectivity index is 2.83. The number of rotatable bonds is 2. The zero-order valence-electron chi connectivity index (χ0n) is 6.65. The second-order valence-electron chi connectivity index (χ2n) is 2.56. The summed E-state index contributed by atoms with van der Waals surface area (Å²) in [7, 11) is 0. The number of allylic oxidation sites excluding steroid dienone is 2. The summed E-state index contributed by atoms with van der Waals surface area (Å²) in [5.74, 6) is -1.08. The minimum absolute atomic E-state index is 0.157. The van der Waals surface area contributed by atoms with Gasteiger partial charge in [0.1, 0.15) is 5.70 Å². The molecule has 0 saturated carbocycles. The predicted octanol–water partition coefficient (Wildman–Crippen LogP) is -0.279. The Morgan fingerprint density at radius 1 is 1.75 bits per heavy atom. The third kappa shape index (κ3) is 1.65. The fourth-order valence-corrected chi connectivity index (χ4v) is 0.852. The largest absolute Gasteiger partial charge is 0.395 e.